The minimum absolute atomic E-state index is 0.294. The van der Waals surface area contributed by atoms with Gasteiger partial charge in [0.05, 0.1) is 5.69 Å². The highest BCUT2D eigenvalue weighted by Crippen LogP contribution is 2.30. The molecule has 3 aromatic rings. The third kappa shape index (κ3) is 5.51. The van der Waals surface area contributed by atoms with Gasteiger partial charge in [0.2, 0.25) is 0 Å². The van der Waals surface area contributed by atoms with E-state index in [-0.39, 0.29) is 5.69 Å². The van der Waals surface area contributed by atoms with Crippen molar-refractivity contribution in [1.29, 1.82) is 0 Å². The van der Waals surface area contributed by atoms with Gasteiger partial charge in [0.25, 0.3) is 11.5 Å². The minimum atomic E-state index is -4.74. The summed E-state index contributed by atoms with van der Waals surface area (Å²) in [5.74, 6) is -3.17. The van der Waals surface area contributed by atoms with Crippen LogP contribution in [0.15, 0.2) is 47.4 Å². The van der Waals surface area contributed by atoms with Crippen LogP contribution in [0.3, 0.4) is 0 Å². The number of carbonyl (C=O) groups excluding carboxylic acids is 1. The molecule has 0 aliphatic carbocycles. The molecule has 0 saturated carbocycles. The molecule has 0 atom stereocenters. The SMILES string of the molecule is Cn1nc(NC(=O)c2cccn(-c3ccc(F)cc3OCC(F)(F)F)c2=O)cc1C(F)(F)F. The van der Waals surface area contributed by atoms with Gasteiger partial charge >= 0.3 is 12.4 Å². The number of halogens is 7. The van der Waals surface area contributed by atoms with E-state index in [0.29, 0.717) is 16.8 Å². The lowest BCUT2D eigenvalue weighted by Crippen LogP contribution is -2.28. The minimum Gasteiger partial charge on any atom is -0.482 e. The number of aromatic nitrogens is 3. The summed E-state index contributed by atoms with van der Waals surface area (Å²) in [5, 5.41) is 5.57. The van der Waals surface area contributed by atoms with E-state index in [2.05, 4.69) is 15.2 Å². The van der Waals surface area contributed by atoms with E-state index in [0.717, 1.165) is 36.0 Å². The van der Waals surface area contributed by atoms with Crippen LogP contribution in [0.5, 0.6) is 5.75 Å². The van der Waals surface area contributed by atoms with Crippen molar-refractivity contribution < 1.29 is 40.3 Å². The molecule has 0 fully saturated rings. The molecule has 1 aromatic carbocycles. The number of hydrogen-bond acceptors (Lipinski definition) is 4. The van der Waals surface area contributed by atoms with Crippen LogP contribution in [0.1, 0.15) is 16.1 Å². The Bertz CT molecular complexity index is 1250. The van der Waals surface area contributed by atoms with E-state index in [1.165, 1.54) is 6.07 Å². The molecule has 1 N–H and O–H groups in total. The van der Waals surface area contributed by atoms with Gasteiger partial charge in [-0.2, -0.15) is 31.4 Å². The first-order valence-electron chi connectivity index (χ1n) is 8.90. The summed E-state index contributed by atoms with van der Waals surface area (Å²) >= 11 is 0. The Hall–Kier alpha value is -3.84. The normalized spacial score (nSPS) is 12.0. The van der Waals surface area contributed by atoms with Gasteiger partial charge in [-0.25, -0.2) is 4.39 Å². The van der Waals surface area contributed by atoms with E-state index in [1.807, 2.05) is 0 Å². The number of nitrogens with one attached hydrogen (secondary N) is 1. The third-order valence-corrected chi connectivity index (χ3v) is 4.18. The summed E-state index contributed by atoms with van der Waals surface area (Å²) in [6.45, 7) is -1.76. The Kier molecular flexibility index (Phi) is 6.20. The van der Waals surface area contributed by atoms with Crippen LogP contribution in [0.25, 0.3) is 5.69 Å². The molecular weight excluding hydrogens is 465 g/mol. The number of carbonyl (C=O) groups is 1. The largest absolute Gasteiger partial charge is 0.482 e. The zero-order valence-electron chi connectivity index (χ0n) is 16.5. The van der Waals surface area contributed by atoms with Crippen molar-refractivity contribution in [2.45, 2.75) is 12.4 Å². The maximum Gasteiger partial charge on any atom is 0.433 e. The molecule has 14 heteroatoms. The topological polar surface area (TPSA) is 78.2 Å². The van der Waals surface area contributed by atoms with Crippen molar-refractivity contribution in [2.24, 2.45) is 7.05 Å². The maximum atomic E-state index is 13.5. The molecule has 3 rings (SSSR count). The first-order valence-corrected chi connectivity index (χ1v) is 8.90. The van der Waals surface area contributed by atoms with E-state index in [4.69, 9.17) is 0 Å². The average Bonchev–Trinajstić information content (AvgIpc) is 3.07. The number of benzene rings is 1. The first-order chi connectivity index (χ1) is 15.3. The van der Waals surface area contributed by atoms with Crippen LogP contribution < -0.4 is 15.6 Å². The van der Waals surface area contributed by atoms with Gasteiger partial charge in [0.15, 0.2) is 12.4 Å². The Morgan fingerprint density at radius 2 is 1.82 bits per heavy atom. The Morgan fingerprint density at radius 3 is 2.42 bits per heavy atom. The van der Waals surface area contributed by atoms with Crippen molar-refractivity contribution in [1.82, 2.24) is 14.3 Å². The summed E-state index contributed by atoms with van der Waals surface area (Å²) < 4.78 is 95.6. The van der Waals surface area contributed by atoms with E-state index < -0.39 is 59.1 Å². The molecule has 0 aliphatic rings. The van der Waals surface area contributed by atoms with Gasteiger partial charge in [-0.1, -0.05) is 0 Å². The van der Waals surface area contributed by atoms with E-state index in [9.17, 15) is 40.3 Å². The number of rotatable bonds is 5. The van der Waals surface area contributed by atoms with E-state index >= 15 is 0 Å². The molecular formula is C19H13F7N4O3. The molecule has 0 bridgehead atoms. The van der Waals surface area contributed by atoms with Gasteiger partial charge in [0.1, 0.15) is 22.8 Å². The maximum absolute atomic E-state index is 13.5. The van der Waals surface area contributed by atoms with Crippen molar-refractivity contribution in [3.63, 3.8) is 0 Å². The number of nitrogens with zero attached hydrogens (tertiary/aromatic N) is 3. The zero-order chi connectivity index (χ0) is 24.6. The van der Waals surface area contributed by atoms with Gasteiger partial charge in [-0.05, 0) is 24.3 Å². The van der Waals surface area contributed by atoms with Gasteiger partial charge in [-0.15, -0.1) is 0 Å². The van der Waals surface area contributed by atoms with Crippen molar-refractivity contribution >= 4 is 11.7 Å². The van der Waals surface area contributed by atoms with Gasteiger partial charge in [0, 0.05) is 25.4 Å². The smallest absolute Gasteiger partial charge is 0.433 e. The highest BCUT2D eigenvalue weighted by atomic mass is 19.4. The molecule has 33 heavy (non-hydrogen) atoms. The number of aryl methyl sites for hydroxylation is 1. The van der Waals surface area contributed by atoms with Crippen LogP contribution in [0.4, 0.5) is 36.6 Å². The average molecular weight is 478 g/mol. The lowest BCUT2D eigenvalue weighted by atomic mass is 10.2. The lowest BCUT2D eigenvalue weighted by Gasteiger charge is -2.15. The molecule has 0 saturated heterocycles. The van der Waals surface area contributed by atoms with Crippen LogP contribution in [-0.4, -0.2) is 33.0 Å². The molecule has 0 aliphatic heterocycles. The van der Waals surface area contributed by atoms with Crippen LogP contribution in [0, 0.1) is 5.82 Å². The van der Waals surface area contributed by atoms with Crippen molar-refractivity contribution in [2.75, 3.05) is 11.9 Å². The quantitative estimate of drug-likeness (QED) is 0.564. The van der Waals surface area contributed by atoms with Crippen LogP contribution in [0.2, 0.25) is 0 Å². The predicted octanol–water partition coefficient (Wildman–Crippen LogP) is 3.92. The predicted molar refractivity (Wildman–Crippen MR) is 99.7 cm³/mol. The second-order valence-corrected chi connectivity index (χ2v) is 6.60. The molecule has 176 valence electrons. The second kappa shape index (κ2) is 8.60. The summed E-state index contributed by atoms with van der Waals surface area (Å²) in [5.41, 5.74) is -3.06. The lowest BCUT2D eigenvalue weighted by molar-refractivity contribution is -0.153. The number of pyridine rings is 1. The summed E-state index contributed by atoms with van der Waals surface area (Å²) in [7, 11) is 1.00. The number of hydrogen-bond donors (Lipinski definition) is 1. The van der Waals surface area contributed by atoms with E-state index in [1.54, 1.807) is 0 Å². The second-order valence-electron chi connectivity index (χ2n) is 6.60. The fraction of sp³-hybridized carbons (Fsp3) is 0.211. The first kappa shape index (κ1) is 23.8. The Labute approximate surface area is 180 Å². The third-order valence-electron chi connectivity index (χ3n) is 4.18. The number of amides is 1. The molecule has 2 heterocycles. The van der Waals surface area contributed by atoms with Crippen LogP contribution in [-0.2, 0) is 13.2 Å². The molecule has 0 spiro atoms. The summed E-state index contributed by atoms with van der Waals surface area (Å²) in [6.07, 6.45) is -8.39. The Balaban J connectivity index is 1.95. The van der Waals surface area contributed by atoms with Crippen molar-refractivity contribution in [3.05, 3.63) is 70.0 Å². The highest BCUT2D eigenvalue weighted by Gasteiger charge is 2.35. The zero-order valence-corrected chi connectivity index (χ0v) is 16.5. The molecule has 7 nitrogen and oxygen atoms in total. The van der Waals surface area contributed by atoms with Crippen molar-refractivity contribution in [3.8, 4) is 11.4 Å². The molecule has 0 radical (unpaired) electrons. The highest BCUT2D eigenvalue weighted by molar-refractivity contribution is 6.03. The number of alkyl halides is 6. The number of anilines is 1. The number of ether oxygens (including phenoxy) is 1. The summed E-state index contributed by atoms with van der Waals surface area (Å²) in [6, 6.07) is 5.25. The Morgan fingerprint density at radius 1 is 1.12 bits per heavy atom. The summed E-state index contributed by atoms with van der Waals surface area (Å²) in [4.78, 5) is 25.3. The van der Waals surface area contributed by atoms with Crippen LogP contribution >= 0.6 is 0 Å². The molecule has 2 aromatic heterocycles. The standard InChI is InChI=1S/C19H13F7N4O3/c1-29-14(19(24,25)26)8-15(28-29)27-16(31)11-3-2-6-30(17(11)32)12-5-4-10(20)7-13(12)33-9-18(21,22)23/h2-8H,9H2,1H3,(H,27,28,31). The fourth-order valence-electron chi connectivity index (χ4n) is 2.80. The molecule has 0 unspecified atom stereocenters. The monoisotopic (exact) mass is 478 g/mol. The fourth-order valence-corrected chi connectivity index (χ4v) is 2.80. The molecule has 1 amide bonds. The van der Waals surface area contributed by atoms with Gasteiger partial charge < -0.3 is 10.1 Å². The van der Waals surface area contributed by atoms with Gasteiger partial charge in [-0.3, -0.25) is 18.8 Å².